The van der Waals surface area contributed by atoms with Crippen LogP contribution in [0.4, 0.5) is 0 Å². The van der Waals surface area contributed by atoms with Crippen molar-refractivity contribution in [1.82, 2.24) is 5.32 Å². The summed E-state index contributed by atoms with van der Waals surface area (Å²) in [6, 6.07) is 0. The van der Waals surface area contributed by atoms with E-state index in [1.54, 1.807) is 14.2 Å². The van der Waals surface area contributed by atoms with E-state index >= 15 is 0 Å². The normalized spacial score (nSPS) is 14.4. The average Bonchev–Trinajstić information content (AvgIpc) is 2.27. The third kappa shape index (κ3) is 5.63. The van der Waals surface area contributed by atoms with E-state index in [2.05, 4.69) is 12.2 Å². The molecule has 0 radical (unpaired) electrons. The summed E-state index contributed by atoms with van der Waals surface area (Å²) in [5.41, 5.74) is 5.36. The second kappa shape index (κ2) is 8.24. The van der Waals surface area contributed by atoms with Crippen LogP contribution in [0.1, 0.15) is 32.6 Å². The molecule has 0 saturated heterocycles. The quantitative estimate of drug-likeness (QED) is 0.328. The molecule has 3 N–H and O–H groups in total. The largest absolute Gasteiger partial charge is 0.355 e. The number of nitrogens with one attached hydrogen (secondary N) is 1. The number of unbranched alkanes of at least 4 members (excludes halogenated alkanes) is 3. The van der Waals surface area contributed by atoms with Gasteiger partial charge >= 0.3 is 0 Å². The summed E-state index contributed by atoms with van der Waals surface area (Å²) in [4.78, 5) is 0. The van der Waals surface area contributed by atoms with Gasteiger partial charge in [-0.3, -0.25) is 5.32 Å². The molecule has 0 rings (SSSR count). The Kier molecular flexibility index (Phi) is 8.27. The lowest BCUT2D eigenvalue weighted by Crippen LogP contribution is -2.59. The van der Waals surface area contributed by atoms with E-state index in [9.17, 15) is 0 Å². The highest BCUT2D eigenvalue weighted by molar-refractivity contribution is 6.13. The first-order valence-electron chi connectivity index (χ1n) is 5.70. The fourth-order valence-electron chi connectivity index (χ4n) is 1.33. The van der Waals surface area contributed by atoms with Crippen molar-refractivity contribution in [1.29, 1.82) is 0 Å². The van der Waals surface area contributed by atoms with Crippen molar-refractivity contribution in [2.75, 3.05) is 20.8 Å². The van der Waals surface area contributed by atoms with Gasteiger partial charge in [0.1, 0.15) is 6.17 Å². The van der Waals surface area contributed by atoms with Gasteiger partial charge in [0, 0.05) is 14.2 Å². The van der Waals surface area contributed by atoms with Crippen LogP contribution in [0.25, 0.3) is 0 Å². The molecule has 92 valence electrons. The summed E-state index contributed by atoms with van der Waals surface area (Å²) in [6.45, 7) is 3.13. The highest BCUT2D eigenvalue weighted by Gasteiger charge is 2.30. The molecule has 1 atom stereocenters. The maximum atomic E-state index is 5.96. The van der Waals surface area contributed by atoms with Crippen molar-refractivity contribution in [2.24, 2.45) is 5.73 Å². The molecule has 0 amide bonds. The van der Waals surface area contributed by atoms with Crippen LogP contribution in [-0.2, 0) is 9.47 Å². The standard InChI is InChI=1S/C10H26N2O2Si/c1-4-5-6-7-8-12-9(11)10(15,13-2)14-3/h9,12H,4-8,11H2,1-3,15H3. The van der Waals surface area contributed by atoms with E-state index in [-0.39, 0.29) is 6.17 Å². The second-order valence-electron chi connectivity index (χ2n) is 3.92. The first kappa shape index (κ1) is 15.1. The van der Waals surface area contributed by atoms with Crippen LogP contribution in [0, 0.1) is 0 Å². The van der Waals surface area contributed by atoms with Crippen LogP contribution in [-0.4, -0.2) is 42.6 Å². The molecule has 0 aliphatic carbocycles. The number of methoxy groups -OCH3 is 2. The van der Waals surface area contributed by atoms with Gasteiger partial charge < -0.3 is 15.2 Å². The number of hydrogen-bond donors (Lipinski definition) is 2. The SMILES string of the molecule is CCCCCCNC(N)C([SiH3])(OC)OC. The van der Waals surface area contributed by atoms with Gasteiger partial charge in [0.05, 0.1) is 10.2 Å². The highest BCUT2D eigenvalue weighted by atomic mass is 28.1. The summed E-state index contributed by atoms with van der Waals surface area (Å²) < 4.78 is 10.6. The van der Waals surface area contributed by atoms with Crippen molar-refractivity contribution in [3.8, 4) is 0 Å². The van der Waals surface area contributed by atoms with Crippen LogP contribution in [0.5, 0.6) is 0 Å². The minimum absolute atomic E-state index is 0.235. The fourth-order valence-corrected chi connectivity index (χ4v) is 1.54. The lowest BCUT2D eigenvalue weighted by molar-refractivity contribution is -0.161. The molecule has 0 fully saturated rings. The predicted molar refractivity (Wildman–Crippen MR) is 66.8 cm³/mol. The Morgan fingerprint density at radius 1 is 1.27 bits per heavy atom. The van der Waals surface area contributed by atoms with Gasteiger partial charge in [0.25, 0.3) is 0 Å². The first-order chi connectivity index (χ1) is 7.10. The monoisotopic (exact) mass is 234 g/mol. The smallest absolute Gasteiger partial charge is 0.167 e. The summed E-state index contributed by atoms with van der Waals surface area (Å²) >= 11 is 0. The van der Waals surface area contributed by atoms with Crippen LogP contribution >= 0.6 is 0 Å². The van der Waals surface area contributed by atoms with Crippen molar-refractivity contribution in [3.05, 3.63) is 0 Å². The van der Waals surface area contributed by atoms with Gasteiger partial charge in [0.15, 0.2) is 5.41 Å². The van der Waals surface area contributed by atoms with Crippen molar-refractivity contribution in [3.63, 3.8) is 0 Å². The lowest BCUT2D eigenvalue weighted by atomic mass is 10.2. The fraction of sp³-hybridized carbons (Fsp3) is 1.00. The van der Waals surface area contributed by atoms with E-state index in [4.69, 9.17) is 15.2 Å². The van der Waals surface area contributed by atoms with Crippen molar-refractivity contribution >= 4 is 10.2 Å². The minimum atomic E-state index is -0.606. The van der Waals surface area contributed by atoms with Crippen LogP contribution in [0.2, 0.25) is 0 Å². The molecule has 0 aliphatic heterocycles. The Morgan fingerprint density at radius 2 is 1.87 bits per heavy atom. The zero-order valence-electron chi connectivity index (χ0n) is 10.5. The van der Waals surface area contributed by atoms with Crippen LogP contribution in [0.15, 0.2) is 0 Å². The molecule has 5 heteroatoms. The van der Waals surface area contributed by atoms with Gasteiger partial charge in [-0.15, -0.1) is 0 Å². The summed E-state index contributed by atoms with van der Waals surface area (Å²) in [5.74, 6) is 0. The van der Waals surface area contributed by atoms with E-state index in [0.717, 1.165) is 23.2 Å². The maximum Gasteiger partial charge on any atom is 0.167 e. The molecule has 0 aromatic heterocycles. The van der Waals surface area contributed by atoms with Crippen molar-refractivity contribution in [2.45, 2.75) is 44.2 Å². The average molecular weight is 234 g/mol. The Labute approximate surface area is 96.3 Å². The molecule has 0 saturated carbocycles. The predicted octanol–water partition coefficient (Wildman–Crippen LogP) is -0.247. The molecule has 1 unspecified atom stereocenters. The first-order valence-corrected chi connectivity index (χ1v) is 6.70. The van der Waals surface area contributed by atoms with Gasteiger partial charge in [-0.05, 0) is 13.0 Å². The molecule has 4 nitrogen and oxygen atoms in total. The lowest BCUT2D eigenvalue weighted by Gasteiger charge is -2.33. The summed E-state index contributed by atoms with van der Waals surface area (Å²) in [7, 11) is 4.01. The molecule has 0 bridgehead atoms. The number of rotatable bonds is 9. The summed E-state index contributed by atoms with van der Waals surface area (Å²) in [6.07, 6.45) is 4.72. The Hall–Kier alpha value is 0.0569. The van der Waals surface area contributed by atoms with Crippen molar-refractivity contribution < 1.29 is 9.47 Å². The summed E-state index contributed by atoms with van der Waals surface area (Å²) in [5, 5.41) is 3.25. The molecule has 0 heterocycles. The molecule has 0 aliphatic rings. The van der Waals surface area contributed by atoms with E-state index in [1.807, 2.05) is 0 Å². The Morgan fingerprint density at radius 3 is 2.33 bits per heavy atom. The maximum absolute atomic E-state index is 5.96. The third-order valence-electron chi connectivity index (χ3n) is 2.77. The number of ether oxygens (including phenoxy) is 2. The Balaban J connectivity index is 3.67. The van der Waals surface area contributed by atoms with Crippen LogP contribution < -0.4 is 11.1 Å². The van der Waals surface area contributed by atoms with E-state index < -0.39 is 5.41 Å². The Bertz CT molecular complexity index is 154. The molecule has 0 spiro atoms. The van der Waals surface area contributed by atoms with Gasteiger partial charge in [-0.2, -0.15) is 0 Å². The van der Waals surface area contributed by atoms with Crippen LogP contribution in [0.3, 0.4) is 0 Å². The topological polar surface area (TPSA) is 56.5 Å². The van der Waals surface area contributed by atoms with E-state index in [1.165, 1.54) is 19.3 Å². The van der Waals surface area contributed by atoms with Gasteiger partial charge in [-0.1, -0.05) is 26.2 Å². The zero-order valence-corrected chi connectivity index (χ0v) is 12.5. The number of nitrogens with two attached hydrogens (primary N) is 1. The molecule has 0 aromatic carbocycles. The second-order valence-corrected chi connectivity index (χ2v) is 5.31. The van der Waals surface area contributed by atoms with E-state index in [0.29, 0.717) is 0 Å². The van der Waals surface area contributed by atoms with Gasteiger partial charge in [-0.25, -0.2) is 0 Å². The molecule has 0 aromatic rings. The minimum Gasteiger partial charge on any atom is -0.355 e. The third-order valence-corrected chi connectivity index (χ3v) is 4.21. The molecule has 15 heavy (non-hydrogen) atoms. The highest BCUT2D eigenvalue weighted by Crippen LogP contribution is 2.08. The molecular weight excluding hydrogens is 208 g/mol. The number of hydrogen-bond acceptors (Lipinski definition) is 4. The van der Waals surface area contributed by atoms with Gasteiger partial charge in [0.2, 0.25) is 0 Å². The zero-order chi connectivity index (χ0) is 11.7. The molecular formula is C10H26N2O2Si.